The van der Waals surface area contributed by atoms with Crippen molar-refractivity contribution in [2.24, 2.45) is 17.2 Å². The van der Waals surface area contributed by atoms with Crippen LogP contribution < -0.4 is 22.9 Å². The van der Waals surface area contributed by atoms with E-state index in [1.54, 1.807) is 0 Å². The van der Waals surface area contributed by atoms with E-state index in [1.165, 1.54) is 29.0 Å². The summed E-state index contributed by atoms with van der Waals surface area (Å²) in [4.78, 5) is 52.5. The van der Waals surface area contributed by atoms with Gasteiger partial charge < -0.3 is 58.3 Å². The monoisotopic (exact) mass is 648 g/mol. The Labute approximate surface area is 255 Å². The second kappa shape index (κ2) is 19.6. The average molecular weight is 649 g/mol. The zero-order valence-corrected chi connectivity index (χ0v) is 24.5. The van der Waals surface area contributed by atoms with E-state index in [9.17, 15) is 29.4 Å². The molecule has 248 valence electrons. The van der Waals surface area contributed by atoms with E-state index in [0.29, 0.717) is 48.5 Å². The molecule has 44 heavy (non-hydrogen) atoms. The Morgan fingerprint density at radius 2 is 1.50 bits per heavy atom. The molecule has 0 saturated carbocycles. The minimum atomic E-state index is -1.17. The fourth-order valence-corrected chi connectivity index (χ4v) is 4.63. The summed E-state index contributed by atoms with van der Waals surface area (Å²) in [5, 5.41) is 53.8. The first-order valence-electron chi connectivity index (χ1n) is 13.3. The van der Waals surface area contributed by atoms with Crippen molar-refractivity contribution in [1.82, 2.24) is 19.5 Å². The lowest BCUT2D eigenvalue weighted by molar-refractivity contribution is -0.140. The number of nitrogens with two attached hydrogens (primary N) is 4. The Bertz CT molecular complexity index is 1220. The molecule has 0 radical (unpaired) electrons. The highest BCUT2D eigenvalue weighted by Gasteiger charge is 2.44. The van der Waals surface area contributed by atoms with Crippen molar-refractivity contribution in [3.63, 3.8) is 0 Å². The third-order valence-corrected chi connectivity index (χ3v) is 7.08. The number of aliphatic carboxylic acids is 4. The van der Waals surface area contributed by atoms with Crippen molar-refractivity contribution in [3.8, 4) is 0 Å². The first-order valence-corrected chi connectivity index (χ1v) is 14.5. The molecule has 3 heterocycles. The summed E-state index contributed by atoms with van der Waals surface area (Å²) in [6.07, 6.45) is 0.514. The maximum absolute atomic E-state index is 10.7. The summed E-state index contributed by atoms with van der Waals surface area (Å²) in [5.74, 6) is -2.75. The van der Waals surface area contributed by atoms with E-state index < -0.39 is 60.5 Å². The van der Waals surface area contributed by atoms with E-state index in [2.05, 4.69) is 15.0 Å². The predicted molar refractivity (Wildman–Crippen MR) is 156 cm³/mol. The lowest BCUT2D eigenvalue weighted by Gasteiger charge is -2.16. The molecule has 2 aromatic rings. The molecule has 14 N–H and O–H groups in total. The van der Waals surface area contributed by atoms with Gasteiger partial charge in [-0.2, -0.15) is 11.8 Å². The van der Waals surface area contributed by atoms with E-state index >= 15 is 0 Å². The Balaban J connectivity index is 0.000000445. The molecule has 1 fully saturated rings. The number of aliphatic hydroxyl groups is 2. The van der Waals surface area contributed by atoms with Crippen LogP contribution in [0.1, 0.15) is 44.8 Å². The first kappa shape index (κ1) is 38.4. The van der Waals surface area contributed by atoms with Crippen LogP contribution >= 0.6 is 11.8 Å². The number of aromatic nitrogens is 4. The lowest BCUT2D eigenvalue weighted by Crippen LogP contribution is -2.33. The molecule has 1 unspecified atom stereocenters. The van der Waals surface area contributed by atoms with Crippen LogP contribution in [-0.2, 0) is 23.9 Å². The Morgan fingerprint density at radius 1 is 0.909 bits per heavy atom. The topological polar surface area (TPSA) is 347 Å². The molecule has 3 rings (SSSR count). The fourth-order valence-electron chi connectivity index (χ4n) is 3.54. The van der Waals surface area contributed by atoms with Gasteiger partial charge in [-0.05, 0) is 38.0 Å². The lowest BCUT2D eigenvalue weighted by atomic mass is 10.1. The molecule has 19 nitrogen and oxygen atoms in total. The first-order chi connectivity index (χ1) is 20.7. The zero-order valence-electron chi connectivity index (χ0n) is 23.7. The van der Waals surface area contributed by atoms with Gasteiger partial charge >= 0.3 is 23.9 Å². The van der Waals surface area contributed by atoms with Gasteiger partial charge in [0, 0.05) is 18.6 Å². The second-order valence-electron chi connectivity index (χ2n) is 9.45. The molecular weight excluding hydrogens is 608 g/mol. The standard InChI is InChI=1S/C14H20N6O5S.C6H11NO4.C4H9NO2/c15-6(14(23)24)1-2-26-3-7-9(21)10(22)13(25-7)20-5-19-8-11(16)17-4-18-12(8)20;7-4(6(10)11)2-1-3-5(8)9;5-3-1-2-4(6)7/h4-7,9-10,13,21-22H,1-3,15H2,(H,23,24)(H2,16,17,18);4H,1-3,7H2,(H,8,9)(H,10,11);1-3,5H2,(H,6,7)/t6-,7+,9+,10+,13+;;/m0../s1. The van der Waals surface area contributed by atoms with E-state index in [0.717, 1.165) is 0 Å². The number of nitrogen functional groups attached to an aromatic ring is 1. The Hall–Kier alpha value is -3.66. The largest absolute Gasteiger partial charge is 0.481 e. The highest BCUT2D eigenvalue weighted by atomic mass is 32.2. The van der Waals surface area contributed by atoms with Gasteiger partial charge in [-0.3, -0.25) is 23.7 Å². The van der Waals surface area contributed by atoms with Crippen LogP contribution in [0.5, 0.6) is 0 Å². The van der Waals surface area contributed by atoms with Gasteiger partial charge in [-0.1, -0.05) is 0 Å². The van der Waals surface area contributed by atoms with Gasteiger partial charge in [0.05, 0.1) is 12.4 Å². The van der Waals surface area contributed by atoms with E-state index in [4.69, 9.17) is 48.1 Å². The SMILES string of the molecule is NC(CCCC(=O)O)C(=O)O.NCCCC(=O)O.Nc1ncnc2c1ncn2[C@@H]1O[C@H](CSCC[C@H](N)C(=O)O)[C@@H](O)[C@H]1O. The molecule has 0 bridgehead atoms. The summed E-state index contributed by atoms with van der Waals surface area (Å²) in [6.45, 7) is 0.465. The highest BCUT2D eigenvalue weighted by Crippen LogP contribution is 2.33. The number of fused-ring (bicyclic) bond motifs is 1. The van der Waals surface area contributed by atoms with E-state index in [1.807, 2.05) is 0 Å². The summed E-state index contributed by atoms with van der Waals surface area (Å²) < 4.78 is 7.29. The van der Waals surface area contributed by atoms with Crippen molar-refractivity contribution < 1.29 is 54.6 Å². The molecule has 0 amide bonds. The molecule has 1 aliphatic heterocycles. The maximum Gasteiger partial charge on any atom is 0.320 e. The fraction of sp³-hybridized carbons (Fsp3) is 0.625. The van der Waals surface area contributed by atoms with E-state index in [-0.39, 0.29) is 25.1 Å². The number of carboxylic acid groups (broad SMARTS) is 4. The number of anilines is 1. The number of hydrogen-bond acceptors (Lipinski definition) is 15. The third-order valence-electron chi connectivity index (χ3n) is 5.99. The normalized spacial score (nSPS) is 20.5. The van der Waals surface area contributed by atoms with Crippen LogP contribution in [0.3, 0.4) is 0 Å². The van der Waals surface area contributed by atoms with Crippen molar-refractivity contribution in [1.29, 1.82) is 0 Å². The molecule has 1 saturated heterocycles. The number of thioether (sulfide) groups is 1. The molecule has 0 spiro atoms. The molecule has 0 aliphatic carbocycles. The number of ether oxygens (including phenoxy) is 1. The molecule has 1 aliphatic rings. The number of hydrogen-bond donors (Lipinski definition) is 10. The molecule has 2 aromatic heterocycles. The third kappa shape index (κ3) is 12.9. The highest BCUT2D eigenvalue weighted by molar-refractivity contribution is 7.99. The quantitative estimate of drug-likeness (QED) is 0.0935. The van der Waals surface area contributed by atoms with Crippen molar-refractivity contribution in [2.75, 3.05) is 23.8 Å². The van der Waals surface area contributed by atoms with Gasteiger partial charge in [-0.15, -0.1) is 0 Å². The van der Waals surface area contributed by atoms with Crippen molar-refractivity contribution in [2.45, 2.75) is 75.1 Å². The van der Waals surface area contributed by atoms with Gasteiger partial charge in [0.2, 0.25) is 0 Å². The molecular formula is C24H40N8O11S. The zero-order chi connectivity index (χ0) is 33.4. The predicted octanol–water partition coefficient (Wildman–Crippen LogP) is -1.97. The maximum atomic E-state index is 10.7. The smallest absolute Gasteiger partial charge is 0.320 e. The number of carbonyl (C=O) groups is 4. The van der Waals surface area contributed by atoms with Crippen LogP contribution in [0.25, 0.3) is 11.2 Å². The van der Waals surface area contributed by atoms with Gasteiger partial charge in [0.25, 0.3) is 0 Å². The Morgan fingerprint density at radius 3 is 2.05 bits per heavy atom. The molecule has 0 aromatic carbocycles. The number of carboxylic acids is 4. The number of nitrogens with zero attached hydrogens (tertiary/aromatic N) is 4. The summed E-state index contributed by atoms with van der Waals surface area (Å²) in [6, 6.07) is -1.85. The van der Waals surface area contributed by atoms with Crippen LogP contribution in [0, 0.1) is 0 Å². The van der Waals surface area contributed by atoms with Crippen LogP contribution in [0.15, 0.2) is 12.7 Å². The van der Waals surface area contributed by atoms with Gasteiger partial charge in [0.1, 0.15) is 36.1 Å². The minimum absolute atomic E-state index is 0.0268. The number of rotatable bonds is 15. The minimum Gasteiger partial charge on any atom is -0.481 e. The average Bonchev–Trinajstić information content (AvgIpc) is 3.51. The van der Waals surface area contributed by atoms with Crippen LogP contribution in [0.2, 0.25) is 0 Å². The summed E-state index contributed by atoms with van der Waals surface area (Å²) in [7, 11) is 0. The van der Waals surface area contributed by atoms with Crippen molar-refractivity contribution in [3.05, 3.63) is 12.7 Å². The summed E-state index contributed by atoms with van der Waals surface area (Å²) >= 11 is 1.40. The summed E-state index contributed by atoms with van der Waals surface area (Å²) in [5.41, 5.74) is 22.1. The van der Waals surface area contributed by atoms with Crippen LogP contribution in [-0.4, -0.2) is 122 Å². The van der Waals surface area contributed by atoms with Gasteiger partial charge in [0.15, 0.2) is 17.7 Å². The van der Waals surface area contributed by atoms with Gasteiger partial charge in [-0.25, -0.2) is 15.0 Å². The number of aliphatic hydroxyl groups excluding tert-OH is 2. The Kier molecular flexibility index (Phi) is 17.1. The molecule has 20 heteroatoms. The second-order valence-corrected chi connectivity index (χ2v) is 10.6. The van der Waals surface area contributed by atoms with Crippen molar-refractivity contribution >= 4 is 52.6 Å². The number of imidazole rings is 1. The molecule has 6 atom stereocenters. The van der Waals surface area contributed by atoms with Crippen LogP contribution in [0.4, 0.5) is 5.82 Å².